The van der Waals surface area contributed by atoms with Gasteiger partial charge in [-0.15, -0.1) is 0 Å². The third-order valence-electron chi connectivity index (χ3n) is 4.15. The van der Waals surface area contributed by atoms with E-state index >= 15 is 0 Å². The van der Waals surface area contributed by atoms with Crippen LogP contribution in [0, 0.1) is 5.92 Å². The summed E-state index contributed by atoms with van der Waals surface area (Å²) in [6, 6.07) is 9.45. The van der Waals surface area contributed by atoms with Gasteiger partial charge in [-0.1, -0.05) is 37.3 Å². The number of ether oxygens (including phenoxy) is 2. The number of hydrogen-bond donors (Lipinski definition) is 0. The molecule has 1 heterocycles. The summed E-state index contributed by atoms with van der Waals surface area (Å²) in [7, 11) is 0. The predicted octanol–water partition coefficient (Wildman–Crippen LogP) is 3.17. The number of nitrogens with zero attached hydrogens (tertiary/aromatic N) is 1. The Hall–Kier alpha value is -1.88. The molecule has 1 amide bonds. The number of amides is 1. The first-order valence-corrected chi connectivity index (χ1v) is 8.94. The molecule has 2 unspecified atom stereocenters. The Bertz CT molecular complexity index is 579. The SMILES string of the molecule is CCC(C(=O)OC(C)(C)C)N1CC(COCc2ccccc2)CC1=O. The lowest BCUT2D eigenvalue weighted by Crippen LogP contribution is -2.45. The molecule has 0 aromatic heterocycles. The van der Waals surface area contributed by atoms with Gasteiger partial charge in [0.1, 0.15) is 11.6 Å². The fraction of sp³-hybridized carbons (Fsp3) is 0.600. The lowest BCUT2D eigenvalue weighted by molar-refractivity contribution is -0.164. The smallest absolute Gasteiger partial charge is 0.329 e. The minimum atomic E-state index is -0.550. The molecule has 0 aliphatic carbocycles. The highest BCUT2D eigenvalue weighted by Gasteiger charge is 2.38. The van der Waals surface area contributed by atoms with E-state index in [0.29, 0.717) is 32.6 Å². The molecule has 2 rings (SSSR count). The van der Waals surface area contributed by atoms with Gasteiger partial charge < -0.3 is 14.4 Å². The molecule has 0 N–H and O–H groups in total. The predicted molar refractivity (Wildman–Crippen MR) is 95.8 cm³/mol. The summed E-state index contributed by atoms with van der Waals surface area (Å²) in [6.45, 7) is 9.01. The van der Waals surface area contributed by atoms with Crippen LogP contribution in [-0.4, -0.2) is 41.6 Å². The van der Waals surface area contributed by atoms with E-state index in [0.717, 1.165) is 5.56 Å². The third kappa shape index (κ3) is 5.85. The fourth-order valence-electron chi connectivity index (χ4n) is 3.02. The van der Waals surface area contributed by atoms with Crippen molar-refractivity contribution in [1.29, 1.82) is 0 Å². The summed E-state index contributed by atoms with van der Waals surface area (Å²) in [6.07, 6.45) is 0.979. The Labute approximate surface area is 150 Å². The Kier molecular flexibility index (Phi) is 6.59. The van der Waals surface area contributed by atoms with E-state index in [-0.39, 0.29) is 17.8 Å². The quantitative estimate of drug-likeness (QED) is 0.711. The second-order valence-corrected chi connectivity index (χ2v) is 7.57. The molecule has 1 aromatic rings. The van der Waals surface area contributed by atoms with Crippen molar-refractivity contribution in [3.8, 4) is 0 Å². The summed E-state index contributed by atoms with van der Waals surface area (Å²) in [5.74, 6) is -0.201. The molecule has 1 aliphatic heterocycles. The molecule has 0 radical (unpaired) electrons. The van der Waals surface area contributed by atoms with Crippen molar-refractivity contribution in [2.45, 2.75) is 58.8 Å². The second-order valence-electron chi connectivity index (χ2n) is 7.57. The van der Waals surface area contributed by atoms with Crippen LogP contribution >= 0.6 is 0 Å². The number of hydrogen-bond acceptors (Lipinski definition) is 4. The fourth-order valence-corrected chi connectivity index (χ4v) is 3.02. The van der Waals surface area contributed by atoms with Crippen molar-refractivity contribution >= 4 is 11.9 Å². The number of carbonyl (C=O) groups is 2. The minimum absolute atomic E-state index is 0.00557. The maximum Gasteiger partial charge on any atom is 0.329 e. The van der Waals surface area contributed by atoms with Gasteiger partial charge >= 0.3 is 5.97 Å². The number of rotatable bonds is 7. The van der Waals surface area contributed by atoms with Gasteiger partial charge in [-0.25, -0.2) is 4.79 Å². The molecule has 0 spiro atoms. The lowest BCUT2D eigenvalue weighted by atomic mass is 10.1. The van der Waals surface area contributed by atoms with Crippen molar-refractivity contribution < 1.29 is 19.1 Å². The normalized spacial score (nSPS) is 19.1. The zero-order valence-corrected chi connectivity index (χ0v) is 15.7. The third-order valence-corrected chi connectivity index (χ3v) is 4.15. The first-order chi connectivity index (χ1) is 11.8. The molecule has 1 saturated heterocycles. The van der Waals surface area contributed by atoms with Gasteiger partial charge in [-0.2, -0.15) is 0 Å². The standard InChI is InChI=1S/C20H29NO4/c1-5-17(19(23)25-20(2,3)4)21-12-16(11-18(21)22)14-24-13-15-9-7-6-8-10-15/h6-10,16-17H,5,11-14H2,1-4H3. The Morgan fingerprint density at radius 3 is 2.56 bits per heavy atom. The van der Waals surface area contributed by atoms with Crippen molar-refractivity contribution in [2.24, 2.45) is 5.92 Å². The van der Waals surface area contributed by atoms with Crippen molar-refractivity contribution in [3.63, 3.8) is 0 Å². The molecule has 0 bridgehead atoms. The molecule has 5 nitrogen and oxygen atoms in total. The molecule has 138 valence electrons. The molecule has 5 heteroatoms. The van der Waals surface area contributed by atoms with Crippen LogP contribution in [-0.2, 0) is 25.7 Å². The van der Waals surface area contributed by atoms with Gasteiger partial charge in [0.25, 0.3) is 0 Å². The van der Waals surface area contributed by atoms with Crippen LogP contribution < -0.4 is 0 Å². The maximum atomic E-state index is 12.4. The van der Waals surface area contributed by atoms with E-state index in [1.165, 1.54) is 0 Å². The van der Waals surface area contributed by atoms with Crippen LogP contribution in [0.15, 0.2) is 30.3 Å². The van der Waals surface area contributed by atoms with E-state index in [2.05, 4.69) is 0 Å². The van der Waals surface area contributed by atoms with Gasteiger partial charge in [-0.3, -0.25) is 4.79 Å². The molecule has 25 heavy (non-hydrogen) atoms. The van der Waals surface area contributed by atoms with Gasteiger partial charge in [0.15, 0.2) is 0 Å². The molecule has 1 fully saturated rings. The van der Waals surface area contributed by atoms with E-state index in [1.54, 1.807) is 4.90 Å². The number of carbonyl (C=O) groups excluding carboxylic acids is 2. The molecular formula is C20H29NO4. The van der Waals surface area contributed by atoms with Crippen molar-refractivity contribution in [2.75, 3.05) is 13.2 Å². The molecule has 1 aromatic carbocycles. The highest BCUT2D eigenvalue weighted by Crippen LogP contribution is 2.24. The summed E-state index contributed by atoms with van der Waals surface area (Å²) >= 11 is 0. The largest absolute Gasteiger partial charge is 0.458 e. The summed E-state index contributed by atoms with van der Waals surface area (Å²) in [5, 5.41) is 0. The van der Waals surface area contributed by atoms with Crippen LogP contribution in [0.2, 0.25) is 0 Å². The first-order valence-electron chi connectivity index (χ1n) is 8.94. The maximum absolute atomic E-state index is 12.4. The zero-order chi connectivity index (χ0) is 18.4. The Balaban J connectivity index is 1.86. The lowest BCUT2D eigenvalue weighted by Gasteiger charge is -2.29. The average Bonchev–Trinajstić information content (AvgIpc) is 2.88. The average molecular weight is 347 g/mol. The van der Waals surface area contributed by atoms with Crippen LogP contribution in [0.3, 0.4) is 0 Å². The number of benzene rings is 1. The second kappa shape index (κ2) is 8.48. The number of esters is 1. The van der Waals surface area contributed by atoms with E-state index in [1.807, 2.05) is 58.0 Å². The van der Waals surface area contributed by atoms with Crippen molar-refractivity contribution in [1.82, 2.24) is 4.90 Å². The zero-order valence-electron chi connectivity index (χ0n) is 15.7. The van der Waals surface area contributed by atoms with Crippen LogP contribution in [0.4, 0.5) is 0 Å². The van der Waals surface area contributed by atoms with E-state index in [4.69, 9.17) is 9.47 Å². The number of likely N-dealkylation sites (tertiary alicyclic amines) is 1. The minimum Gasteiger partial charge on any atom is -0.458 e. The van der Waals surface area contributed by atoms with Crippen molar-refractivity contribution in [3.05, 3.63) is 35.9 Å². The summed E-state index contributed by atoms with van der Waals surface area (Å²) < 4.78 is 11.2. The highest BCUT2D eigenvalue weighted by atomic mass is 16.6. The molecule has 0 saturated carbocycles. The summed E-state index contributed by atoms with van der Waals surface area (Å²) in [4.78, 5) is 26.4. The molecule has 2 atom stereocenters. The molecule has 1 aliphatic rings. The van der Waals surface area contributed by atoms with Gasteiger partial charge in [-0.05, 0) is 32.8 Å². The summed E-state index contributed by atoms with van der Waals surface area (Å²) in [5.41, 5.74) is 0.565. The van der Waals surface area contributed by atoms with E-state index < -0.39 is 11.6 Å². The van der Waals surface area contributed by atoms with Gasteiger partial charge in [0.05, 0.1) is 13.2 Å². The Morgan fingerprint density at radius 2 is 1.96 bits per heavy atom. The van der Waals surface area contributed by atoms with Crippen LogP contribution in [0.1, 0.15) is 46.1 Å². The Morgan fingerprint density at radius 1 is 1.28 bits per heavy atom. The van der Waals surface area contributed by atoms with Crippen LogP contribution in [0.25, 0.3) is 0 Å². The first kappa shape index (κ1) is 19.4. The van der Waals surface area contributed by atoms with E-state index in [9.17, 15) is 9.59 Å². The van der Waals surface area contributed by atoms with Gasteiger partial charge in [0.2, 0.25) is 5.91 Å². The van der Waals surface area contributed by atoms with Crippen LogP contribution in [0.5, 0.6) is 0 Å². The highest BCUT2D eigenvalue weighted by molar-refractivity contribution is 5.86. The molecular weight excluding hydrogens is 318 g/mol. The van der Waals surface area contributed by atoms with Gasteiger partial charge in [0, 0.05) is 18.9 Å². The monoisotopic (exact) mass is 347 g/mol. The topological polar surface area (TPSA) is 55.8 Å².